The highest BCUT2D eigenvalue weighted by Gasteiger charge is 2.37. The highest BCUT2D eigenvalue weighted by atomic mass is 19.1. The number of carbonyl (C=O) groups excluding carboxylic acids is 2. The predicted molar refractivity (Wildman–Crippen MR) is 119 cm³/mol. The summed E-state index contributed by atoms with van der Waals surface area (Å²) in [6, 6.07) is 11.7. The van der Waals surface area contributed by atoms with E-state index in [0.717, 1.165) is 30.5 Å². The maximum absolute atomic E-state index is 13.5. The van der Waals surface area contributed by atoms with Crippen LogP contribution in [0.3, 0.4) is 0 Å². The number of carbonyl (C=O) groups is 2. The van der Waals surface area contributed by atoms with Gasteiger partial charge in [-0.05, 0) is 60.2 Å². The topological polar surface area (TPSA) is 67.2 Å². The Balaban J connectivity index is 1.35. The van der Waals surface area contributed by atoms with Crippen LogP contribution in [-0.2, 0) is 29.5 Å². The first-order valence-corrected chi connectivity index (χ1v) is 10.9. The van der Waals surface area contributed by atoms with Crippen molar-refractivity contribution in [3.8, 4) is 0 Å². The summed E-state index contributed by atoms with van der Waals surface area (Å²) in [5, 5.41) is 3.05. The van der Waals surface area contributed by atoms with Gasteiger partial charge >= 0.3 is 0 Å². The summed E-state index contributed by atoms with van der Waals surface area (Å²) in [5.41, 5.74) is 4.25. The van der Waals surface area contributed by atoms with Gasteiger partial charge in [-0.2, -0.15) is 0 Å². The molecular weight excluding hydrogens is 407 g/mol. The van der Waals surface area contributed by atoms with Gasteiger partial charge in [0.1, 0.15) is 17.7 Å². The average Bonchev–Trinajstić information content (AvgIpc) is 3.52. The Morgan fingerprint density at radius 3 is 2.69 bits per heavy atom. The third kappa shape index (κ3) is 3.79. The van der Waals surface area contributed by atoms with Crippen molar-refractivity contribution in [1.82, 2.24) is 14.9 Å². The molecule has 164 valence electrons. The van der Waals surface area contributed by atoms with Crippen LogP contribution in [0.5, 0.6) is 0 Å². The molecule has 2 aromatic carbocycles. The Kier molecular flexibility index (Phi) is 5.25. The predicted octanol–water partition coefficient (Wildman–Crippen LogP) is 3.31. The quantitative estimate of drug-likeness (QED) is 0.673. The fourth-order valence-electron chi connectivity index (χ4n) is 4.73. The maximum atomic E-state index is 13.5. The van der Waals surface area contributed by atoms with E-state index in [9.17, 15) is 14.0 Å². The summed E-state index contributed by atoms with van der Waals surface area (Å²) < 4.78 is 15.3. The molecule has 1 aromatic heterocycles. The van der Waals surface area contributed by atoms with Crippen LogP contribution in [0.25, 0.3) is 0 Å². The van der Waals surface area contributed by atoms with Crippen LogP contribution in [0.4, 0.5) is 10.1 Å². The smallest absolute Gasteiger partial charge is 0.227 e. The van der Waals surface area contributed by atoms with Gasteiger partial charge in [0.05, 0.1) is 5.92 Å². The number of imidazole rings is 1. The zero-order valence-corrected chi connectivity index (χ0v) is 17.9. The number of amides is 2. The highest BCUT2D eigenvalue weighted by Crippen LogP contribution is 2.31. The minimum atomic E-state index is -0.535. The van der Waals surface area contributed by atoms with Crippen molar-refractivity contribution in [1.29, 1.82) is 0 Å². The number of fused-ring (bicyclic) bond motifs is 1. The van der Waals surface area contributed by atoms with Gasteiger partial charge in [0.15, 0.2) is 0 Å². The van der Waals surface area contributed by atoms with Gasteiger partial charge in [-0.25, -0.2) is 9.37 Å². The lowest BCUT2D eigenvalue weighted by Crippen LogP contribution is -2.37. The van der Waals surface area contributed by atoms with Crippen LogP contribution < -0.4 is 10.2 Å². The summed E-state index contributed by atoms with van der Waals surface area (Å²) in [4.78, 5) is 32.1. The number of benzene rings is 2. The number of halogens is 1. The van der Waals surface area contributed by atoms with Gasteiger partial charge in [0.25, 0.3) is 0 Å². The molecule has 0 radical (unpaired) electrons. The Labute approximate surface area is 186 Å². The van der Waals surface area contributed by atoms with Gasteiger partial charge in [-0.3, -0.25) is 9.59 Å². The number of hydrogen-bond acceptors (Lipinski definition) is 3. The number of anilines is 1. The van der Waals surface area contributed by atoms with E-state index in [0.29, 0.717) is 12.4 Å². The monoisotopic (exact) mass is 432 g/mol. The second-order valence-corrected chi connectivity index (χ2v) is 8.60. The Morgan fingerprint density at radius 2 is 1.94 bits per heavy atom. The SMILES string of the molecule is Cn1ccnc1C(NC(=O)C1CC(=O)N(c2ccc3c(c2)CCC3)C1)c1ccc(F)cc1. The number of rotatable bonds is 5. The molecule has 1 aliphatic heterocycles. The van der Waals surface area contributed by atoms with Crippen LogP contribution in [-0.4, -0.2) is 27.9 Å². The molecule has 1 aliphatic carbocycles. The van der Waals surface area contributed by atoms with E-state index >= 15 is 0 Å². The molecule has 6 nitrogen and oxygen atoms in total. The van der Waals surface area contributed by atoms with Crippen molar-refractivity contribution >= 4 is 17.5 Å². The second-order valence-electron chi connectivity index (χ2n) is 8.60. The van der Waals surface area contributed by atoms with Crippen molar-refractivity contribution < 1.29 is 14.0 Å². The van der Waals surface area contributed by atoms with E-state index < -0.39 is 12.0 Å². The highest BCUT2D eigenvalue weighted by molar-refractivity contribution is 6.00. The molecule has 0 saturated carbocycles. The van der Waals surface area contributed by atoms with Gasteiger partial charge in [0, 0.05) is 38.1 Å². The van der Waals surface area contributed by atoms with E-state index in [1.807, 2.05) is 17.7 Å². The lowest BCUT2D eigenvalue weighted by Gasteiger charge is -2.22. The van der Waals surface area contributed by atoms with E-state index in [1.54, 1.807) is 29.4 Å². The maximum Gasteiger partial charge on any atom is 0.227 e. The minimum Gasteiger partial charge on any atom is -0.342 e. The molecule has 1 saturated heterocycles. The number of hydrogen-bond donors (Lipinski definition) is 1. The van der Waals surface area contributed by atoms with Crippen molar-refractivity contribution in [3.05, 3.63) is 83.2 Å². The average molecular weight is 432 g/mol. The summed E-state index contributed by atoms with van der Waals surface area (Å²) in [7, 11) is 1.85. The largest absolute Gasteiger partial charge is 0.342 e. The molecule has 0 spiro atoms. The summed E-state index contributed by atoms with van der Waals surface area (Å²) in [5.74, 6) is -0.411. The Morgan fingerprint density at radius 1 is 1.16 bits per heavy atom. The molecule has 0 bridgehead atoms. The zero-order chi connectivity index (χ0) is 22.2. The number of aromatic nitrogens is 2. The van der Waals surface area contributed by atoms with Crippen LogP contribution in [0, 0.1) is 11.7 Å². The molecule has 2 aliphatic rings. The molecule has 3 aromatic rings. The molecule has 2 heterocycles. The summed E-state index contributed by atoms with van der Waals surface area (Å²) >= 11 is 0. The molecule has 2 amide bonds. The summed E-state index contributed by atoms with van der Waals surface area (Å²) in [6.45, 7) is 0.347. The number of aryl methyl sites for hydroxylation is 3. The van der Waals surface area contributed by atoms with Crippen LogP contribution in [0.1, 0.15) is 41.4 Å². The fourth-order valence-corrected chi connectivity index (χ4v) is 4.73. The van der Waals surface area contributed by atoms with Crippen LogP contribution in [0.15, 0.2) is 54.9 Å². The molecule has 2 atom stereocenters. The van der Waals surface area contributed by atoms with E-state index in [4.69, 9.17) is 0 Å². The van der Waals surface area contributed by atoms with E-state index in [1.165, 1.54) is 23.3 Å². The Hall–Kier alpha value is -3.48. The van der Waals surface area contributed by atoms with Crippen molar-refractivity contribution in [2.75, 3.05) is 11.4 Å². The van der Waals surface area contributed by atoms with E-state index in [-0.39, 0.29) is 24.1 Å². The van der Waals surface area contributed by atoms with Crippen molar-refractivity contribution in [2.45, 2.75) is 31.7 Å². The van der Waals surface area contributed by atoms with Gasteiger partial charge in [0.2, 0.25) is 11.8 Å². The second kappa shape index (κ2) is 8.22. The molecule has 1 N–H and O–H groups in total. The lowest BCUT2D eigenvalue weighted by atomic mass is 10.0. The molecule has 7 heteroatoms. The first-order valence-electron chi connectivity index (χ1n) is 10.9. The first-order chi connectivity index (χ1) is 15.5. The molecule has 2 unspecified atom stereocenters. The molecule has 5 rings (SSSR count). The lowest BCUT2D eigenvalue weighted by molar-refractivity contribution is -0.126. The Bertz CT molecular complexity index is 1170. The molecule has 32 heavy (non-hydrogen) atoms. The van der Waals surface area contributed by atoms with E-state index in [2.05, 4.69) is 22.4 Å². The van der Waals surface area contributed by atoms with Gasteiger partial charge in [-0.15, -0.1) is 0 Å². The fraction of sp³-hybridized carbons (Fsp3) is 0.320. The van der Waals surface area contributed by atoms with Crippen molar-refractivity contribution in [3.63, 3.8) is 0 Å². The third-order valence-corrected chi connectivity index (χ3v) is 6.50. The van der Waals surface area contributed by atoms with Crippen LogP contribution in [0.2, 0.25) is 0 Å². The minimum absolute atomic E-state index is 0.0431. The normalized spacial score (nSPS) is 18.6. The molecular formula is C25H25FN4O2. The van der Waals surface area contributed by atoms with Crippen molar-refractivity contribution in [2.24, 2.45) is 13.0 Å². The number of nitrogens with zero attached hydrogens (tertiary/aromatic N) is 3. The molecule has 1 fully saturated rings. The standard InChI is InChI=1S/C25H25FN4O2/c1-29-12-11-27-24(29)23(17-5-8-20(26)9-6-17)28-25(32)19-14-22(31)30(15-19)21-10-7-16-3-2-4-18(16)13-21/h5-13,19,23H,2-4,14-15H2,1H3,(H,28,32). The van der Waals surface area contributed by atoms with Gasteiger partial charge < -0.3 is 14.8 Å². The first kappa shape index (κ1) is 20.4. The summed E-state index contributed by atoms with van der Waals surface area (Å²) in [6.07, 6.45) is 6.90. The zero-order valence-electron chi connectivity index (χ0n) is 17.9. The number of nitrogens with one attached hydrogen (secondary N) is 1. The van der Waals surface area contributed by atoms with Gasteiger partial charge in [-0.1, -0.05) is 18.2 Å². The third-order valence-electron chi connectivity index (χ3n) is 6.50. The van der Waals surface area contributed by atoms with Crippen LogP contribution >= 0.6 is 0 Å².